The van der Waals surface area contributed by atoms with Gasteiger partial charge in [0.25, 0.3) is 0 Å². The molecule has 24 heavy (non-hydrogen) atoms. The lowest BCUT2D eigenvalue weighted by molar-refractivity contribution is -0.114. The van der Waals surface area contributed by atoms with Crippen LogP contribution in [0.1, 0.15) is 10.4 Å². The molecule has 1 aromatic heterocycles. The van der Waals surface area contributed by atoms with E-state index >= 15 is 0 Å². The summed E-state index contributed by atoms with van der Waals surface area (Å²) in [5.74, 6) is -0.408. The number of anilines is 2. The molecule has 0 atom stereocenters. The van der Waals surface area contributed by atoms with Crippen molar-refractivity contribution in [2.24, 2.45) is 0 Å². The summed E-state index contributed by atoms with van der Waals surface area (Å²) in [6, 6.07) is 16.1. The van der Waals surface area contributed by atoms with Gasteiger partial charge in [0.1, 0.15) is 5.82 Å². The number of amides is 1. The number of carbonyl (C=O) groups is 1. The van der Waals surface area contributed by atoms with Crippen LogP contribution in [0.2, 0.25) is 0 Å². The predicted octanol–water partition coefficient (Wildman–Crippen LogP) is 3.92. The minimum Gasteiger partial charge on any atom is -0.376 e. The van der Waals surface area contributed by atoms with Gasteiger partial charge in [0.05, 0.1) is 6.54 Å². The van der Waals surface area contributed by atoms with E-state index in [1.54, 1.807) is 24.4 Å². The van der Waals surface area contributed by atoms with Crippen molar-refractivity contribution in [1.29, 1.82) is 0 Å². The summed E-state index contributed by atoms with van der Waals surface area (Å²) in [5.41, 5.74) is 1.50. The maximum atomic E-state index is 13.7. The van der Waals surface area contributed by atoms with Crippen molar-refractivity contribution in [3.63, 3.8) is 0 Å². The second-order valence-corrected chi connectivity index (χ2v) is 6.28. The summed E-state index contributed by atoms with van der Waals surface area (Å²) in [6.07, 6.45) is 2.12. The number of carbonyl (C=O) groups excluding carboxylic acids is 1. The van der Waals surface area contributed by atoms with Crippen LogP contribution in [0.4, 0.5) is 15.2 Å². The molecule has 6 heteroatoms. The van der Waals surface area contributed by atoms with Crippen LogP contribution >= 0.6 is 11.3 Å². The van der Waals surface area contributed by atoms with Crippen LogP contribution in [-0.4, -0.2) is 17.4 Å². The summed E-state index contributed by atoms with van der Waals surface area (Å²) in [4.78, 5) is 17.0. The van der Waals surface area contributed by atoms with Gasteiger partial charge in [0.2, 0.25) is 5.91 Å². The molecule has 2 aromatic carbocycles. The van der Waals surface area contributed by atoms with Gasteiger partial charge < -0.3 is 10.6 Å². The highest BCUT2D eigenvalue weighted by Crippen LogP contribution is 2.22. The topological polar surface area (TPSA) is 54.0 Å². The van der Waals surface area contributed by atoms with Gasteiger partial charge in [-0.25, -0.2) is 9.37 Å². The first-order valence-electron chi connectivity index (χ1n) is 7.47. The van der Waals surface area contributed by atoms with Gasteiger partial charge in [-0.1, -0.05) is 36.4 Å². The lowest BCUT2D eigenvalue weighted by atomic mass is 10.1. The molecule has 4 nitrogen and oxygen atoms in total. The summed E-state index contributed by atoms with van der Waals surface area (Å²) in [6.45, 7) is 0.159. The Morgan fingerprint density at radius 2 is 1.83 bits per heavy atom. The van der Waals surface area contributed by atoms with Crippen LogP contribution in [0, 0.1) is 5.82 Å². The molecule has 0 saturated carbocycles. The number of para-hydroxylation sites is 1. The summed E-state index contributed by atoms with van der Waals surface area (Å²) in [5, 5.41) is 6.29. The number of aromatic nitrogens is 1. The molecule has 0 aliphatic carbocycles. The summed E-state index contributed by atoms with van der Waals surface area (Å²) < 4.78 is 13.7. The number of halogens is 1. The van der Waals surface area contributed by atoms with E-state index in [0.29, 0.717) is 17.1 Å². The quantitative estimate of drug-likeness (QED) is 0.714. The maximum absolute atomic E-state index is 13.7. The maximum Gasteiger partial charge on any atom is 0.245 e. The van der Waals surface area contributed by atoms with E-state index in [0.717, 1.165) is 10.6 Å². The van der Waals surface area contributed by atoms with Crippen LogP contribution in [0.25, 0.3) is 0 Å². The number of hydrogen-bond acceptors (Lipinski definition) is 4. The van der Waals surface area contributed by atoms with Crippen molar-refractivity contribution in [1.82, 2.24) is 4.98 Å². The first kappa shape index (κ1) is 16.1. The average Bonchev–Trinajstić information content (AvgIpc) is 3.03. The van der Waals surface area contributed by atoms with Crippen molar-refractivity contribution in [3.05, 3.63) is 77.1 Å². The van der Waals surface area contributed by atoms with Gasteiger partial charge in [0, 0.05) is 23.2 Å². The molecule has 0 fully saturated rings. The molecular weight excluding hydrogens is 325 g/mol. The number of nitrogens with zero attached hydrogens (tertiary/aromatic N) is 1. The van der Waals surface area contributed by atoms with E-state index in [1.165, 1.54) is 17.4 Å². The molecular formula is C18H16FN3OS. The number of thiazole rings is 1. The minimum absolute atomic E-state index is 0.159. The zero-order valence-electron chi connectivity index (χ0n) is 12.8. The van der Waals surface area contributed by atoms with Gasteiger partial charge in [-0.15, -0.1) is 11.3 Å². The van der Waals surface area contributed by atoms with Crippen molar-refractivity contribution >= 4 is 28.1 Å². The summed E-state index contributed by atoms with van der Waals surface area (Å²) in [7, 11) is 0. The van der Waals surface area contributed by atoms with E-state index in [-0.39, 0.29) is 18.3 Å². The van der Waals surface area contributed by atoms with Crippen LogP contribution in [0.3, 0.4) is 0 Å². The Balaban J connectivity index is 1.54. The van der Waals surface area contributed by atoms with Crippen LogP contribution < -0.4 is 10.6 Å². The second kappa shape index (κ2) is 7.70. The number of benzene rings is 2. The highest BCUT2D eigenvalue weighted by molar-refractivity contribution is 7.15. The zero-order valence-corrected chi connectivity index (χ0v) is 13.6. The van der Waals surface area contributed by atoms with E-state index in [4.69, 9.17) is 0 Å². The fourth-order valence-electron chi connectivity index (χ4n) is 2.18. The van der Waals surface area contributed by atoms with E-state index in [1.807, 2.05) is 30.3 Å². The molecule has 1 amide bonds. The fourth-order valence-corrected chi connectivity index (χ4v) is 3.03. The minimum atomic E-state index is -0.233. The lowest BCUT2D eigenvalue weighted by Gasteiger charge is -2.05. The molecule has 0 aliphatic rings. The van der Waals surface area contributed by atoms with E-state index in [2.05, 4.69) is 15.6 Å². The molecule has 3 aromatic rings. The fraction of sp³-hybridized carbons (Fsp3) is 0.111. The Morgan fingerprint density at radius 1 is 1.08 bits per heavy atom. The van der Waals surface area contributed by atoms with Gasteiger partial charge >= 0.3 is 0 Å². The van der Waals surface area contributed by atoms with Crippen molar-refractivity contribution in [2.45, 2.75) is 6.42 Å². The van der Waals surface area contributed by atoms with Crippen molar-refractivity contribution < 1.29 is 9.18 Å². The molecule has 2 N–H and O–H groups in total. The Bertz CT molecular complexity index is 820. The molecule has 1 heterocycles. The zero-order chi connectivity index (χ0) is 16.8. The normalized spacial score (nSPS) is 10.4. The average molecular weight is 341 g/mol. The number of rotatable bonds is 6. The van der Waals surface area contributed by atoms with Crippen LogP contribution in [0.15, 0.2) is 60.8 Å². The third-order valence-corrected chi connectivity index (χ3v) is 4.26. The monoisotopic (exact) mass is 341 g/mol. The van der Waals surface area contributed by atoms with Gasteiger partial charge in [-0.3, -0.25) is 4.79 Å². The molecule has 122 valence electrons. The standard InChI is InChI=1S/C18H16FN3OS/c19-16-9-5-4-6-13(16)10-15-11-21-18(24-15)22-17(23)12-20-14-7-2-1-3-8-14/h1-9,11,20H,10,12H2,(H,21,22,23). The Labute approximate surface area is 143 Å². The Kier molecular flexibility index (Phi) is 5.18. The lowest BCUT2D eigenvalue weighted by Crippen LogP contribution is -2.21. The van der Waals surface area contributed by atoms with Gasteiger partial charge in [-0.05, 0) is 23.8 Å². The highest BCUT2D eigenvalue weighted by atomic mass is 32.1. The molecule has 0 radical (unpaired) electrons. The Morgan fingerprint density at radius 3 is 2.62 bits per heavy atom. The van der Waals surface area contributed by atoms with Crippen LogP contribution in [-0.2, 0) is 11.2 Å². The van der Waals surface area contributed by atoms with Crippen molar-refractivity contribution in [2.75, 3.05) is 17.2 Å². The third-order valence-electron chi connectivity index (χ3n) is 3.35. The smallest absolute Gasteiger partial charge is 0.245 e. The molecule has 0 bridgehead atoms. The van der Waals surface area contributed by atoms with Crippen molar-refractivity contribution in [3.8, 4) is 0 Å². The predicted molar refractivity (Wildman–Crippen MR) is 94.9 cm³/mol. The van der Waals surface area contributed by atoms with E-state index < -0.39 is 0 Å². The molecule has 0 unspecified atom stereocenters. The highest BCUT2D eigenvalue weighted by Gasteiger charge is 2.09. The first-order valence-corrected chi connectivity index (χ1v) is 8.29. The summed E-state index contributed by atoms with van der Waals surface area (Å²) >= 11 is 1.35. The number of hydrogen-bond donors (Lipinski definition) is 2. The molecule has 0 aliphatic heterocycles. The largest absolute Gasteiger partial charge is 0.376 e. The molecule has 0 saturated heterocycles. The van der Waals surface area contributed by atoms with Crippen LogP contribution in [0.5, 0.6) is 0 Å². The SMILES string of the molecule is O=C(CNc1ccccc1)Nc1ncc(Cc2ccccc2F)s1. The van der Waals surface area contributed by atoms with Gasteiger partial charge in [0.15, 0.2) is 5.13 Å². The Hall–Kier alpha value is -2.73. The molecule has 0 spiro atoms. The third kappa shape index (κ3) is 4.39. The number of nitrogens with one attached hydrogen (secondary N) is 2. The van der Waals surface area contributed by atoms with E-state index in [9.17, 15) is 9.18 Å². The molecule has 3 rings (SSSR count). The first-order chi connectivity index (χ1) is 11.7. The van der Waals surface area contributed by atoms with Gasteiger partial charge in [-0.2, -0.15) is 0 Å². The second-order valence-electron chi connectivity index (χ2n) is 5.17.